The van der Waals surface area contributed by atoms with Crippen LogP contribution in [0, 0.1) is 47.0 Å². The number of aliphatic imine (C=N–C) groups is 1. The van der Waals surface area contributed by atoms with Crippen LogP contribution in [-0.4, -0.2) is 63.7 Å². The van der Waals surface area contributed by atoms with Crippen molar-refractivity contribution in [1.29, 1.82) is 0 Å². The molecule has 10 unspecified atom stereocenters. The molecule has 0 saturated heterocycles. The molecule has 2 aromatic carbocycles. The topological polar surface area (TPSA) is 150 Å². The number of allylic oxidation sites excluding steroid dienone is 3. The molecular formula is C48H50N4O6. The molecule has 1 saturated carbocycles. The third-order valence-corrected chi connectivity index (χ3v) is 13.8. The zero-order valence-corrected chi connectivity index (χ0v) is 32.7. The van der Waals surface area contributed by atoms with Gasteiger partial charge in [0.2, 0.25) is 0 Å². The summed E-state index contributed by atoms with van der Waals surface area (Å²) >= 11 is 0. The highest BCUT2D eigenvalue weighted by molar-refractivity contribution is 5.90. The van der Waals surface area contributed by atoms with E-state index < -0.39 is 41.8 Å². The Morgan fingerprint density at radius 1 is 1.07 bits per heavy atom. The number of fused-ring (bicyclic) bond motifs is 6. The standard InChI is InChI=1S/C48H50N4O6/c1-27-4-9-32(40(55)20-27)41(56)22-30(53)8-5-28-6-15-42-43(21-28)58-47-37(48(18-19-57-42)16-2-3-17-48)13-14-39(54)33-11-12-34-44-29(23-51-46(34)49)7-10-31(45(33)44)35-24-50-38-26-52(47)25-36(35)38/h4,6-7,9-12,15,21,24,26-27,29,31-32,37,39-41,46-47,51,54-56H,2-3,5,8,16-17,20,22-23,25,49H2,1H3. The van der Waals surface area contributed by atoms with E-state index in [1.54, 1.807) is 0 Å². The second-order valence-corrected chi connectivity index (χ2v) is 17.5. The van der Waals surface area contributed by atoms with Crippen molar-refractivity contribution in [3.05, 3.63) is 105 Å². The number of aryl methyl sites for hydroxylation is 1. The molecule has 0 aromatic heterocycles. The van der Waals surface area contributed by atoms with Crippen LogP contribution in [0.4, 0.5) is 0 Å². The van der Waals surface area contributed by atoms with Crippen molar-refractivity contribution in [2.45, 2.75) is 101 Å². The van der Waals surface area contributed by atoms with Gasteiger partial charge in [-0.15, -0.1) is 0 Å². The quantitative estimate of drug-likeness (QED) is 0.194. The summed E-state index contributed by atoms with van der Waals surface area (Å²) in [7, 11) is 0. The summed E-state index contributed by atoms with van der Waals surface area (Å²) in [6, 6.07) is 9.74. The molecule has 6 N–H and O–H groups in total. The lowest BCUT2D eigenvalue weighted by Gasteiger charge is -2.40. The second-order valence-electron chi connectivity index (χ2n) is 17.5. The molecule has 0 amide bonds. The van der Waals surface area contributed by atoms with Crippen LogP contribution in [0.2, 0.25) is 0 Å². The number of hydrogen-bond acceptors (Lipinski definition) is 10. The average molecular weight is 779 g/mol. The molecule has 10 atom stereocenters. The summed E-state index contributed by atoms with van der Waals surface area (Å²) in [5.74, 6) is 10.8. The van der Waals surface area contributed by atoms with Crippen LogP contribution in [0.3, 0.4) is 0 Å². The molecule has 5 heterocycles. The minimum atomic E-state index is -1.06. The first-order valence-corrected chi connectivity index (χ1v) is 21.0. The van der Waals surface area contributed by atoms with Gasteiger partial charge < -0.3 is 35.4 Å². The fraction of sp³-hybridized carbons (Fsp3) is 0.458. The molecule has 2 aromatic rings. The molecule has 3 aliphatic carbocycles. The third kappa shape index (κ3) is 6.43. The Labute approximate surface area is 339 Å². The van der Waals surface area contributed by atoms with E-state index in [4.69, 9.17) is 20.2 Å². The van der Waals surface area contributed by atoms with Crippen LogP contribution in [-0.2, 0) is 11.2 Å². The van der Waals surface area contributed by atoms with E-state index in [1.165, 1.54) is 5.56 Å². The van der Waals surface area contributed by atoms with Crippen molar-refractivity contribution in [2.24, 2.45) is 33.9 Å². The van der Waals surface area contributed by atoms with Gasteiger partial charge in [0, 0.05) is 61.7 Å². The van der Waals surface area contributed by atoms with Gasteiger partial charge in [-0.1, -0.05) is 80.0 Å². The Balaban J connectivity index is 1.01. The van der Waals surface area contributed by atoms with Gasteiger partial charge in [-0.05, 0) is 77.1 Å². The van der Waals surface area contributed by atoms with Gasteiger partial charge >= 0.3 is 0 Å². The van der Waals surface area contributed by atoms with Crippen molar-refractivity contribution < 1.29 is 29.6 Å². The van der Waals surface area contributed by atoms with Gasteiger partial charge in [-0.25, -0.2) is 0 Å². The summed E-state index contributed by atoms with van der Waals surface area (Å²) in [6.45, 7) is 3.32. The molecule has 298 valence electrons. The van der Waals surface area contributed by atoms with Crippen LogP contribution in [0.15, 0.2) is 82.7 Å². The number of aliphatic hydroxyl groups excluding tert-OH is 3. The molecule has 58 heavy (non-hydrogen) atoms. The molecule has 1 fully saturated rings. The lowest BCUT2D eigenvalue weighted by atomic mass is 9.71. The molecule has 5 aliphatic heterocycles. The molecular weight excluding hydrogens is 729 g/mol. The predicted molar refractivity (Wildman–Crippen MR) is 219 cm³/mol. The van der Waals surface area contributed by atoms with Crippen molar-refractivity contribution >= 4 is 12.0 Å². The minimum Gasteiger partial charge on any atom is -0.465 e. The van der Waals surface area contributed by atoms with Crippen molar-refractivity contribution in [1.82, 2.24) is 10.2 Å². The van der Waals surface area contributed by atoms with E-state index in [-0.39, 0.29) is 42.5 Å². The number of ether oxygens (including phenoxy) is 2. The molecule has 2 bridgehead atoms. The van der Waals surface area contributed by atoms with Crippen molar-refractivity contribution in [3.63, 3.8) is 0 Å². The van der Waals surface area contributed by atoms with Crippen LogP contribution < -0.4 is 20.5 Å². The number of nitrogens with one attached hydrogen (secondary N) is 1. The molecule has 1 spiro atoms. The first-order chi connectivity index (χ1) is 28.2. The highest BCUT2D eigenvalue weighted by atomic mass is 16.5. The average Bonchev–Trinajstić information content (AvgIpc) is 3.96. The number of nitrogens with zero attached hydrogens (tertiary/aromatic N) is 2. The summed E-state index contributed by atoms with van der Waals surface area (Å²) in [6.07, 6.45) is 16.8. The number of hydrogen-bond donors (Lipinski definition) is 5. The zero-order chi connectivity index (χ0) is 39.7. The maximum Gasteiger partial charge on any atom is 0.187 e. The van der Waals surface area contributed by atoms with Crippen LogP contribution in [0.5, 0.6) is 11.5 Å². The zero-order valence-electron chi connectivity index (χ0n) is 32.7. The number of rotatable bonds is 6. The summed E-state index contributed by atoms with van der Waals surface area (Å²) in [5.41, 5.74) is 14.2. The Bertz CT molecular complexity index is 2330. The number of carbonyl (C=O) groups excluding carboxylic acids is 1. The maximum atomic E-state index is 13.2. The van der Waals surface area contributed by atoms with E-state index in [1.807, 2.05) is 55.6 Å². The van der Waals surface area contributed by atoms with Gasteiger partial charge in [0.15, 0.2) is 17.7 Å². The number of nitrogens with two attached hydrogens (primary N) is 1. The summed E-state index contributed by atoms with van der Waals surface area (Å²) in [5, 5.41) is 37.0. The SMILES string of the molecule is CC1C=CC(C(O)CC(=O)CCc2ccc3c(c2)OC2C(C#CC(O)c4ccc5c6c4C(C=CC6CNC5N)C4=C5CN2C=C5N=C4)C2(C#CO3)CCCC2)C(O)C1. The van der Waals surface area contributed by atoms with E-state index >= 15 is 0 Å². The van der Waals surface area contributed by atoms with Crippen molar-refractivity contribution in [2.75, 3.05) is 13.1 Å². The van der Waals surface area contributed by atoms with Gasteiger partial charge in [-0.3, -0.25) is 15.1 Å². The van der Waals surface area contributed by atoms with Gasteiger partial charge in [-0.2, -0.15) is 0 Å². The minimum absolute atomic E-state index is 0.0180. The third-order valence-electron chi connectivity index (χ3n) is 13.8. The Hall–Kier alpha value is -4.94. The monoisotopic (exact) mass is 778 g/mol. The summed E-state index contributed by atoms with van der Waals surface area (Å²) in [4.78, 5) is 20.3. The number of carbonyl (C=O) groups is 1. The van der Waals surface area contributed by atoms with E-state index in [0.717, 1.165) is 71.3 Å². The lowest BCUT2D eigenvalue weighted by molar-refractivity contribution is -0.122. The molecule has 10 rings (SSSR count). The van der Waals surface area contributed by atoms with E-state index in [2.05, 4.69) is 52.4 Å². The Morgan fingerprint density at radius 3 is 2.76 bits per heavy atom. The highest BCUT2D eigenvalue weighted by Gasteiger charge is 2.49. The summed E-state index contributed by atoms with van der Waals surface area (Å²) < 4.78 is 13.3. The van der Waals surface area contributed by atoms with Gasteiger partial charge in [0.1, 0.15) is 18.0 Å². The first-order valence-electron chi connectivity index (χ1n) is 21.0. The fourth-order valence-electron chi connectivity index (χ4n) is 10.7. The largest absolute Gasteiger partial charge is 0.465 e. The Morgan fingerprint density at radius 2 is 1.91 bits per heavy atom. The number of Topliss-reactive ketones (excluding diaryl/α,β-unsaturated/α-hetero) is 1. The molecule has 10 nitrogen and oxygen atoms in total. The fourth-order valence-corrected chi connectivity index (χ4v) is 10.7. The van der Waals surface area contributed by atoms with Crippen LogP contribution in [0.25, 0.3) is 0 Å². The molecule has 8 aliphatic rings. The molecule has 10 heteroatoms. The van der Waals surface area contributed by atoms with Gasteiger partial charge in [0.25, 0.3) is 0 Å². The first kappa shape index (κ1) is 37.3. The maximum absolute atomic E-state index is 13.2. The van der Waals surface area contributed by atoms with Crippen molar-refractivity contribution in [3.8, 4) is 35.4 Å². The lowest BCUT2D eigenvalue weighted by Crippen LogP contribution is -2.47. The predicted octanol–water partition coefficient (Wildman–Crippen LogP) is 5.33. The Kier molecular flexibility index (Phi) is 9.47. The second kappa shape index (κ2) is 14.7. The smallest absolute Gasteiger partial charge is 0.187 e. The van der Waals surface area contributed by atoms with E-state index in [0.29, 0.717) is 30.9 Å². The van der Waals surface area contributed by atoms with Crippen LogP contribution in [0.1, 0.15) is 104 Å². The van der Waals surface area contributed by atoms with Crippen LogP contribution >= 0.6 is 0 Å². The van der Waals surface area contributed by atoms with E-state index in [9.17, 15) is 20.1 Å². The normalized spacial score (nSPS) is 32.3. The number of benzene rings is 2. The number of ketones is 1. The highest BCUT2D eigenvalue weighted by Crippen LogP contribution is 2.51. The van der Waals surface area contributed by atoms with Gasteiger partial charge in [0.05, 0.1) is 35.4 Å². The molecule has 0 radical (unpaired) electrons. The number of aliphatic hydroxyl groups is 3.